The zero-order chi connectivity index (χ0) is 15.1. The van der Waals surface area contributed by atoms with Gasteiger partial charge >= 0.3 is 12.0 Å². The molecular formula is C14H19FN2O3. The Morgan fingerprint density at radius 2 is 2.10 bits per heavy atom. The van der Waals surface area contributed by atoms with Crippen molar-refractivity contribution in [3.05, 3.63) is 29.6 Å². The standard InChI is InChI=1S/C14H19FN2O3/c1-3-4-10(13(18)19)8-16-14(20)17-12-7-11(15)6-5-9(12)2/h5-7,10H,3-4,8H2,1-2H3,(H,18,19)(H2,16,17,20). The van der Waals surface area contributed by atoms with Gasteiger partial charge in [0.2, 0.25) is 0 Å². The molecule has 0 aliphatic rings. The van der Waals surface area contributed by atoms with Crippen LogP contribution in [0.2, 0.25) is 0 Å². The number of nitrogens with one attached hydrogen (secondary N) is 2. The molecule has 1 rings (SSSR count). The highest BCUT2D eigenvalue weighted by atomic mass is 19.1. The number of halogens is 1. The lowest BCUT2D eigenvalue weighted by atomic mass is 10.0. The van der Waals surface area contributed by atoms with Crippen LogP contribution in [0.4, 0.5) is 14.9 Å². The Kier molecular flexibility index (Phi) is 5.96. The van der Waals surface area contributed by atoms with Gasteiger partial charge in [-0.1, -0.05) is 19.4 Å². The zero-order valence-electron chi connectivity index (χ0n) is 11.6. The van der Waals surface area contributed by atoms with Crippen LogP contribution < -0.4 is 10.6 Å². The number of amides is 2. The molecule has 110 valence electrons. The van der Waals surface area contributed by atoms with E-state index in [1.165, 1.54) is 12.1 Å². The number of aliphatic carboxylic acids is 1. The summed E-state index contributed by atoms with van der Waals surface area (Å²) < 4.78 is 13.1. The molecule has 1 aromatic carbocycles. The molecule has 0 aliphatic heterocycles. The lowest BCUT2D eigenvalue weighted by Crippen LogP contribution is -2.35. The first-order valence-corrected chi connectivity index (χ1v) is 6.47. The molecular weight excluding hydrogens is 263 g/mol. The molecule has 0 fully saturated rings. The number of hydrogen-bond acceptors (Lipinski definition) is 2. The molecule has 3 N–H and O–H groups in total. The van der Waals surface area contributed by atoms with Crippen molar-refractivity contribution in [3.8, 4) is 0 Å². The third kappa shape index (κ3) is 4.87. The Labute approximate surface area is 117 Å². The van der Waals surface area contributed by atoms with Crippen molar-refractivity contribution < 1.29 is 19.1 Å². The summed E-state index contributed by atoms with van der Waals surface area (Å²) in [6.07, 6.45) is 1.22. The van der Waals surface area contributed by atoms with Gasteiger partial charge in [0.05, 0.1) is 5.92 Å². The normalized spacial score (nSPS) is 11.8. The van der Waals surface area contributed by atoms with E-state index in [9.17, 15) is 14.0 Å². The van der Waals surface area contributed by atoms with Crippen LogP contribution in [0.5, 0.6) is 0 Å². The Bertz CT molecular complexity index is 491. The second kappa shape index (κ2) is 7.47. The fourth-order valence-corrected chi connectivity index (χ4v) is 1.77. The molecule has 0 spiro atoms. The van der Waals surface area contributed by atoms with Crippen molar-refractivity contribution in [1.29, 1.82) is 0 Å². The Hall–Kier alpha value is -2.11. The van der Waals surface area contributed by atoms with Crippen molar-refractivity contribution >= 4 is 17.7 Å². The summed E-state index contributed by atoms with van der Waals surface area (Å²) in [6.45, 7) is 3.67. The lowest BCUT2D eigenvalue weighted by Gasteiger charge is -2.14. The summed E-state index contributed by atoms with van der Waals surface area (Å²) in [6, 6.07) is 3.54. The first kappa shape index (κ1) is 15.9. The fraction of sp³-hybridized carbons (Fsp3) is 0.429. The largest absolute Gasteiger partial charge is 0.481 e. The molecule has 0 aliphatic carbocycles. The predicted octanol–water partition coefficient (Wildman–Crippen LogP) is 2.76. The monoisotopic (exact) mass is 282 g/mol. The summed E-state index contributed by atoms with van der Waals surface area (Å²) in [4.78, 5) is 22.6. The van der Waals surface area contributed by atoms with Crippen molar-refractivity contribution in [2.24, 2.45) is 5.92 Å². The fourth-order valence-electron chi connectivity index (χ4n) is 1.77. The van der Waals surface area contributed by atoms with Gasteiger partial charge in [0.15, 0.2) is 0 Å². The summed E-state index contributed by atoms with van der Waals surface area (Å²) >= 11 is 0. The van der Waals surface area contributed by atoms with Crippen LogP contribution >= 0.6 is 0 Å². The van der Waals surface area contributed by atoms with Crippen LogP contribution in [0.25, 0.3) is 0 Å². The topological polar surface area (TPSA) is 78.4 Å². The minimum atomic E-state index is -0.936. The predicted molar refractivity (Wildman–Crippen MR) is 74.2 cm³/mol. The number of carbonyl (C=O) groups is 2. The van der Waals surface area contributed by atoms with Gasteiger partial charge in [-0.15, -0.1) is 0 Å². The molecule has 20 heavy (non-hydrogen) atoms. The van der Waals surface area contributed by atoms with E-state index in [0.29, 0.717) is 12.1 Å². The SMILES string of the molecule is CCCC(CNC(=O)Nc1cc(F)ccc1C)C(=O)O. The van der Waals surface area contributed by atoms with Crippen molar-refractivity contribution in [3.63, 3.8) is 0 Å². The van der Waals surface area contributed by atoms with Crippen LogP contribution in [-0.4, -0.2) is 23.7 Å². The molecule has 6 heteroatoms. The average molecular weight is 282 g/mol. The van der Waals surface area contributed by atoms with E-state index < -0.39 is 23.7 Å². The smallest absolute Gasteiger partial charge is 0.319 e. The van der Waals surface area contributed by atoms with Gasteiger partial charge in [-0.2, -0.15) is 0 Å². The van der Waals surface area contributed by atoms with E-state index in [4.69, 9.17) is 5.11 Å². The summed E-state index contributed by atoms with van der Waals surface area (Å²) in [7, 11) is 0. The number of hydrogen-bond donors (Lipinski definition) is 3. The molecule has 0 saturated heterocycles. The second-order valence-electron chi connectivity index (χ2n) is 4.62. The quantitative estimate of drug-likeness (QED) is 0.750. The number of rotatable bonds is 6. The number of urea groups is 1. The van der Waals surface area contributed by atoms with Crippen LogP contribution in [-0.2, 0) is 4.79 Å². The minimum absolute atomic E-state index is 0.0450. The molecule has 2 amide bonds. The number of anilines is 1. The van der Waals surface area contributed by atoms with E-state index in [2.05, 4.69) is 10.6 Å². The van der Waals surface area contributed by atoms with Gasteiger partial charge in [-0.05, 0) is 31.0 Å². The van der Waals surface area contributed by atoms with Crippen LogP contribution in [0, 0.1) is 18.7 Å². The number of benzene rings is 1. The van der Waals surface area contributed by atoms with Gasteiger partial charge in [-0.25, -0.2) is 9.18 Å². The van der Waals surface area contributed by atoms with Gasteiger partial charge in [0, 0.05) is 12.2 Å². The van der Waals surface area contributed by atoms with Crippen molar-refractivity contribution in [2.75, 3.05) is 11.9 Å². The maximum absolute atomic E-state index is 13.1. The van der Waals surface area contributed by atoms with Crippen molar-refractivity contribution in [2.45, 2.75) is 26.7 Å². The first-order chi connectivity index (χ1) is 9.43. The zero-order valence-corrected chi connectivity index (χ0v) is 11.6. The first-order valence-electron chi connectivity index (χ1n) is 6.47. The molecule has 0 saturated carbocycles. The molecule has 0 aromatic heterocycles. The highest BCUT2D eigenvalue weighted by molar-refractivity contribution is 5.90. The van der Waals surface area contributed by atoms with E-state index in [0.717, 1.165) is 12.0 Å². The molecule has 0 radical (unpaired) electrons. The third-order valence-corrected chi connectivity index (χ3v) is 2.94. The molecule has 1 aromatic rings. The molecule has 0 heterocycles. The highest BCUT2D eigenvalue weighted by Crippen LogP contribution is 2.15. The van der Waals surface area contributed by atoms with Gasteiger partial charge < -0.3 is 15.7 Å². The molecule has 1 unspecified atom stereocenters. The van der Waals surface area contributed by atoms with Gasteiger partial charge in [0.25, 0.3) is 0 Å². The summed E-state index contributed by atoms with van der Waals surface area (Å²) in [5.74, 6) is -1.99. The maximum atomic E-state index is 13.1. The van der Waals surface area contributed by atoms with E-state index in [1.807, 2.05) is 6.92 Å². The Balaban J connectivity index is 2.55. The highest BCUT2D eigenvalue weighted by Gasteiger charge is 2.17. The third-order valence-electron chi connectivity index (χ3n) is 2.94. The van der Waals surface area contributed by atoms with E-state index in [1.54, 1.807) is 13.0 Å². The minimum Gasteiger partial charge on any atom is -0.481 e. The van der Waals surface area contributed by atoms with Crippen LogP contribution in [0.3, 0.4) is 0 Å². The van der Waals surface area contributed by atoms with E-state index in [-0.39, 0.29) is 6.54 Å². The molecule has 1 atom stereocenters. The van der Waals surface area contributed by atoms with Gasteiger partial charge in [-0.3, -0.25) is 4.79 Å². The van der Waals surface area contributed by atoms with E-state index >= 15 is 0 Å². The number of carboxylic acids is 1. The van der Waals surface area contributed by atoms with Crippen molar-refractivity contribution in [1.82, 2.24) is 5.32 Å². The molecule has 0 bridgehead atoms. The number of carbonyl (C=O) groups excluding carboxylic acids is 1. The van der Waals surface area contributed by atoms with Crippen LogP contribution in [0.1, 0.15) is 25.3 Å². The summed E-state index contributed by atoms with van der Waals surface area (Å²) in [5.41, 5.74) is 1.09. The Morgan fingerprint density at radius 1 is 1.40 bits per heavy atom. The van der Waals surface area contributed by atoms with Gasteiger partial charge in [0.1, 0.15) is 5.82 Å². The molecule has 5 nitrogen and oxygen atoms in total. The van der Waals surface area contributed by atoms with Crippen LogP contribution in [0.15, 0.2) is 18.2 Å². The maximum Gasteiger partial charge on any atom is 0.319 e. The second-order valence-corrected chi connectivity index (χ2v) is 4.62. The number of carboxylic acid groups (broad SMARTS) is 1. The summed E-state index contributed by atoms with van der Waals surface area (Å²) in [5, 5.41) is 14.0. The Morgan fingerprint density at radius 3 is 2.70 bits per heavy atom. The average Bonchev–Trinajstić information content (AvgIpc) is 2.38. The number of aryl methyl sites for hydroxylation is 1. The lowest BCUT2D eigenvalue weighted by molar-refractivity contribution is -0.141.